The number of carboxylic acid groups (broad SMARTS) is 1. The molecule has 1 unspecified atom stereocenters. The van der Waals surface area contributed by atoms with E-state index in [-0.39, 0.29) is 11.7 Å². The molecule has 204 valence electrons. The number of carbonyl (C=O) groups excluding carboxylic acids is 3. The third kappa shape index (κ3) is 6.88. The number of carbonyl (C=O) groups is 3. The number of Topliss-reactive ketones (excluding diaryl/α,β-unsaturated/α-hetero) is 1. The predicted molar refractivity (Wildman–Crippen MR) is 146 cm³/mol. The molecule has 1 aliphatic heterocycles. The molecular formula is C31H41N3O4. The molecule has 0 bridgehead atoms. The number of hydrogen-bond acceptors (Lipinski definition) is 5. The summed E-state index contributed by atoms with van der Waals surface area (Å²) in [6, 6.07) is 15.7. The summed E-state index contributed by atoms with van der Waals surface area (Å²) in [4.78, 5) is 41.3. The first-order valence-corrected chi connectivity index (χ1v) is 13.4. The number of carboxylic acids is 1. The van der Waals surface area contributed by atoms with Gasteiger partial charge >= 0.3 is 11.9 Å². The van der Waals surface area contributed by atoms with Crippen LogP contribution in [0.2, 0.25) is 0 Å². The molecule has 0 saturated heterocycles. The van der Waals surface area contributed by atoms with Gasteiger partial charge in [-0.15, -0.1) is 0 Å². The van der Waals surface area contributed by atoms with E-state index in [9.17, 15) is 19.5 Å². The Morgan fingerprint density at radius 1 is 1.13 bits per heavy atom. The minimum absolute atomic E-state index is 0.0451. The molecule has 7 heteroatoms. The van der Waals surface area contributed by atoms with Crippen LogP contribution < -0.4 is 15.8 Å². The van der Waals surface area contributed by atoms with Gasteiger partial charge in [0.2, 0.25) is 5.54 Å². The van der Waals surface area contributed by atoms with Crippen LogP contribution in [0.4, 0.5) is 0 Å². The summed E-state index contributed by atoms with van der Waals surface area (Å²) >= 11 is 0. The second-order valence-electron chi connectivity index (χ2n) is 12.0. The minimum Gasteiger partial charge on any atom is -0.550 e. The molecular weight excluding hydrogens is 478 g/mol. The van der Waals surface area contributed by atoms with E-state index >= 15 is 0 Å². The molecule has 1 fully saturated rings. The Labute approximate surface area is 226 Å². The van der Waals surface area contributed by atoms with E-state index in [0.717, 1.165) is 35.1 Å². The van der Waals surface area contributed by atoms with E-state index in [2.05, 4.69) is 18.8 Å². The average molecular weight is 520 g/mol. The number of nitrogens with two attached hydrogens (primary N) is 1. The number of nitrogens with zero attached hydrogens (tertiary/aromatic N) is 1. The van der Waals surface area contributed by atoms with Gasteiger partial charge in [-0.1, -0.05) is 77.1 Å². The van der Waals surface area contributed by atoms with Crippen molar-refractivity contribution in [3.8, 4) is 0 Å². The van der Waals surface area contributed by atoms with Gasteiger partial charge in [-0.25, -0.2) is 0 Å². The zero-order valence-corrected chi connectivity index (χ0v) is 23.5. The fraction of sp³-hybridized carbons (Fsp3) is 0.484. The number of hydrogen-bond donors (Lipinski definition) is 2. The van der Waals surface area contributed by atoms with Crippen LogP contribution in [0, 0.1) is 24.2 Å². The zero-order chi connectivity index (χ0) is 28.3. The summed E-state index contributed by atoms with van der Waals surface area (Å²) in [7, 11) is 0. The van der Waals surface area contributed by atoms with Gasteiger partial charge in [0.15, 0.2) is 5.78 Å². The highest BCUT2D eigenvalue weighted by Crippen LogP contribution is 2.34. The lowest BCUT2D eigenvalue weighted by molar-refractivity contribution is -0.541. The van der Waals surface area contributed by atoms with E-state index in [1.807, 2.05) is 55.5 Å². The molecule has 1 atom stereocenters. The topological polar surface area (TPSA) is 118 Å². The van der Waals surface area contributed by atoms with Crippen molar-refractivity contribution in [3.05, 3.63) is 70.8 Å². The first kappa shape index (κ1) is 29.1. The van der Waals surface area contributed by atoms with Gasteiger partial charge in [0.05, 0.1) is 0 Å². The molecule has 38 heavy (non-hydrogen) atoms. The number of aryl methyl sites for hydroxylation is 1. The van der Waals surface area contributed by atoms with Crippen LogP contribution in [-0.2, 0) is 21.7 Å². The Morgan fingerprint density at radius 2 is 1.74 bits per heavy atom. The van der Waals surface area contributed by atoms with Crippen molar-refractivity contribution in [2.24, 2.45) is 23.0 Å². The van der Waals surface area contributed by atoms with Crippen molar-refractivity contribution < 1.29 is 24.5 Å². The Morgan fingerprint density at radius 3 is 2.26 bits per heavy atom. The highest BCUT2D eigenvalue weighted by molar-refractivity contribution is 6.02. The van der Waals surface area contributed by atoms with Crippen molar-refractivity contribution in [1.29, 1.82) is 0 Å². The SMILES string of the molecule is CC(C)(C)C(=O)[O-].Cc1ccc(CN2C(=O)C(CC(C)C)(c3ccccc3)[NH+]=C2N)cc1C(=O)CC1CC1. The zero-order valence-electron chi connectivity index (χ0n) is 23.5. The van der Waals surface area contributed by atoms with E-state index in [4.69, 9.17) is 5.73 Å². The van der Waals surface area contributed by atoms with Crippen LogP contribution in [0.15, 0.2) is 48.5 Å². The summed E-state index contributed by atoms with van der Waals surface area (Å²) < 4.78 is 0. The molecule has 4 rings (SSSR count). The molecule has 0 radical (unpaired) electrons. The van der Waals surface area contributed by atoms with Crippen molar-refractivity contribution >= 4 is 23.6 Å². The number of aliphatic carboxylic acids is 1. The average Bonchev–Trinajstić information content (AvgIpc) is 3.62. The predicted octanol–water partition coefficient (Wildman–Crippen LogP) is 2.44. The Kier molecular flexibility index (Phi) is 8.80. The van der Waals surface area contributed by atoms with Crippen LogP contribution in [0.3, 0.4) is 0 Å². The summed E-state index contributed by atoms with van der Waals surface area (Å²) in [6.07, 6.45) is 3.57. The number of ketones is 1. The van der Waals surface area contributed by atoms with Crippen LogP contribution in [0.25, 0.3) is 0 Å². The van der Waals surface area contributed by atoms with Crippen molar-refractivity contribution in [1.82, 2.24) is 4.90 Å². The monoisotopic (exact) mass is 519 g/mol. The quantitative estimate of drug-likeness (QED) is 0.520. The number of benzene rings is 2. The van der Waals surface area contributed by atoms with Gasteiger partial charge in [-0.2, -0.15) is 4.90 Å². The molecule has 0 aromatic heterocycles. The van der Waals surface area contributed by atoms with Crippen LogP contribution >= 0.6 is 0 Å². The lowest BCUT2D eigenvalue weighted by atomic mass is 9.82. The maximum absolute atomic E-state index is 13.7. The number of guanidine groups is 1. The maximum Gasteiger partial charge on any atom is 0.352 e. The standard InChI is InChI=1S/C26H31N3O2.C5H10O2/c1-17(2)15-26(21-7-5-4-6-8-21)24(31)29(25(27)28-26)16-20-10-9-18(3)22(13-20)23(30)14-19-11-12-19;1-5(2,3)4(6)7/h4-10,13,17,19H,11-12,14-16H2,1-3H3,(H2,27,28);1-3H3,(H,6,7). The highest BCUT2D eigenvalue weighted by atomic mass is 16.4. The smallest absolute Gasteiger partial charge is 0.352 e. The Balaban J connectivity index is 0.000000505. The molecule has 2 aromatic rings. The van der Waals surface area contributed by atoms with E-state index in [0.29, 0.717) is 37.2 Å². The maximum atomic E-state index is 13.7. The van der Waals surface area contributed by atoms with E-state index in [1.54, 1.807) is 25.7 Å². The molecule has 1 saturated carbocycles. The minimum atomic E-state index is -1.01. The first-order valence-electron chi connectivity index (χ1n) is 13.4. The lowest BCUT2D eigenvalue weighted by Crippen LogP contribution is -2.85. The third-order valence-electron chi connectivity index (χ3n) is 6.95. The summed E-state index contributed by atoms with van der Waals surface area (Å²) in [5.41, 5.74) is 8.37. The third-order valence-corrected chi connectivity index (χ3v) is 6.95. The second-order valence-corrected chi connectivity index (χ2v) is 12.0. The molecule has 1 aliphatic carbocycles. The van der Waals surface area contributed by atoms with Crippen molar-refractivity contribution in [3.63, 3.8) is 0 Å². The fourth-order valence-corrected chi connectivity index (χ4v) is 4.57. The molecule has 0 spiro atoms. The summed E-state index contributed by atoms with van der Waals surface area (Å²) in [5.74, 6) is 0.356. The van der Waals surface area contributed by atoms with Crippen molar-refractivity contribution in [2.45, 2.75) is 79.3 Å². The number of rotatable bonds is 8. The number of amides is 1. The molecule has 2 aliphatic rings. The van der Waals surface area contributed by atoms with Gasteiger partial charge in [0.1, 0.15) is 6.54 Å². The lowest BCUT2D eigenvalue weighted by Gasteiger charge is -2.25. The Bertz CT molecular complexity index is 1210. The van der Waals surface area contributed by atoms with Gasteiger partial charge in [0, 0.05) is 35.4 Å². The molecule has 1 heterocycles. The van der Waals surface area contributed by atoms with Crippen LogP contribution in [0.1, 0.15) is 87.4 Å². The normalized spacial score (nSPS) is 19.2. The van der Waals surface area contributed by atoms with Gasteiger partial charge < -0.3 is 9.90 Å². The van der Waals surface area contributed by atoms with E-state index < -0.39 is 16.9 Å². The molecule has 3 N–H and O–H groups in total. The van der Waals surface area contributed by atoms with Gasteiger partial charge in [-0.05, 0) is 48.8 Å². The summed E-state index contributed by atoms with van der Waals surface area (Å²) in [5, 5.41) is 9.91. The van der Waals surface area contributed by atoms with E-state index in [1.165, 1.54) is 0 Å². The summed E-state index contributed by atoms with van der Waals surface area (Å²) in [6.45, 7) is 11.3. The highest BCUT2D eigenvalue weighted by Gasteiger charge is 2.53. The van der Waals surface area contributed by atoms with Gasteiger partial charge in [-0.3, -0.25) is 20.3 Å². The molecule has 2 aromatic carbocycles. The molecule has 7 nitrogen and oxygen atoms in total. The van der Waals surface area contributed by atoms with Gasteiger partial charge in [0.25, 0.3) is 0 Å². The van der Waals surface area contributed by atoms with Crippen LogP contribution in [-0.4, -0.2) is 28.5 Å². The first-order chi connectivity index (χ1) is 17.7. The Hall–Kier alpha value is -3.48. The second kappa shape index (κ2) is 11.5. The molecule has 1 amide bonds. The number of nitrogens with one attached hydrogen (secondary N) is 1. The fourth-order valence-electron chi connectivity index (χ4n) is 4.57. The van der Waals surface area contributed by atoms with Crippen molar-refractivity contribution in [2.75, 3.05) is 0 Å². The van der Waals surface area contributed by atoms with Crippen LogP contribution in [0.5, 0.6) is 0 Å². The largest absolute Gasteiger partial charge is 0.550 e.